The van der Waals surface area contributed by atoms with Crippen LogP contribution in [0.1, 0.15) is 54.7 Å². The van der Waals surface area contributed by atoms with Gasteiger partial charge in [-0.2, -0.15) is 5.10 Å². The van der Waals surface area contributed by atoms with Crippen LogP contribution in [-0.4, -0.2) is 24.7 Å². The molecule has 2 atom stereocenters. The molecule has 0 amide bonds. The SMILES string of the molecule is CCn1nc2c3c1-c1cnc(N)c(c1)O[C@H](C)c1cc(F)ccc1-c1ncncc1C3CC2. The zero-order chi connectivity index (χ0) is 22.7. The van der Waals surface area contributed by atoms with E-state index in [1.54, 1.807) is 18.6 Å². The van der Waals surface area contributed by atoms with Crippen LogP contribution < -0.4 is 10.5 Å². The number of aryl methyl sites for hydroxylation is 2. The molecule has 2 N–H and O–H groups in total. The van der Waals surface area contributed by atoms with Crippen molar-refractivity contribution < 1.29 is 9.13 Å². The van der Waals surface area contributed by atoms with Crippen molar-refractivity contribution in [2.45, 2.75) is 45.3 Å². The van der Waals surface area contributed by atoms with Crippen LogP contribution in [0.3, 0.4) is 0 Å². The predicted octanol–water partition coefficient (Wildman–Crippen LogP) is 4.67. The Labute approximate surface area is 190 Å². The van der Waals surface area contributed by atoms with E-state index in [1.807, 2.05) is 23.9 Å². The van der Waals surface area contributed by atoms with Gasteiger partial charge in [-0.15, -0.1) is 0 Å². The molecule has 1 unspecified atom stereocenters. The second-order valence-electron chi connectivity index (χ2n) is 8.54. The summed E-state index contributed by atoms with van der Waals surface area (Å²) in [5, 5.41) is 4.91. The third-order valence-corrected chi connectivity index (χ3v) is 6.66. The average molecular weight is 442 g/mol. The molecule has 1 aromatic carbocycles. The quantitative estimate of drug-likeness (QED) is 0.460. The summed E-state index contributed by atoms with van der Waals surface area (Å²) in [6, 6.07) is 6.65. The maximum Gasteiger partial charge on any atom is 0.166 e. The van der Waals surface area contributed by atoms with Gasteiger partial charge in [0.1, 0.15) is 18.2 Å². The molecule has 0 spiro atoms. The number of nitrogen functional groups attached to an aromatic ring is 1. The monoisotopic (exact) mass is 442 g/mol. The summed E-state index contributed by atoms with van der Waals surface area (Å²) in [7, 11) is 0. The second-order valence-corrected chi connectivity index (χ2v) is 8.54. The van der Waals surface area contributed by atoms with E-state index in [9.17, 15) is 4.39 Å². The van der Waals surface area contributed by atoms with Gasteiger partial charge < -0.3 is 10.5 Å². The van der Waals surface area contributed by atoms with E-state index < -0.39 is 6.10 Å². The summed E-state index contributed by atoms with van der Waals surface area (Å²) in [5.41, 5.74) is 13.7. The number of hydrogen-bond acceptors (Lipinski definition) is 6. The number of anilines is 1. The minimum absolute atomic E-state index is 0.0704. The lowest BCUT2D eigenvalue weighted by atomic mass is 9.87. The number of nitrogens with two attached hydrogens (primary N) is 1. The summed E-state index contributed by atoms with van der Waals surface area (Å²) < 4.78 is 22.6. The zero-order valence-corrected chi connectivity index (χ0v) is 18.4. The van der Waals surface area contributed by atoms with E-state index in [1.165, 1.54) is 17.7 Å². The van der Waals surface area contributed by atoms with Crippen LogP contribution in [0.15, 0.2) is 43.0 Å². The molecule has 8 heteroatoms. The number of hydrogen-bond donors (Lipinski definition) is 1. The number of nitrogens with zero attached hydrogens (tertiary/aromatic N) is 5. The van der Waals surface area contributed by atoms with Crippen LogP contribution in [0.5, 0.6) is 5.75 Å². The van der Waals surface area contributed by atoms with Crippen molar-refractivity contribution in [3.05, 3.63) is 71.2 Å². The molecule has 4 aromatic rings. The van der Waals surface area contributed by atoms with Crippen molar-refractivity contribution in [3.63, 3.8) is 0 Å². The Balaban J connectivity index is 1.71. The molecule has 166 valence electrons. The molecule has 3 aromatic heterocycles. The maximum absolute atomic E-state index is 14.4. The highest BCUT2D eigenvalue weighted by atomic mass is 19.1. The number of rotatable bonds is 1. The molecule has 6 rings (SSSR count). The van der Waals surface area contributed by atoms with Crippen molar-refractivity contribution in [2.24, 2.45) is 0 Å². The van der Waals surface area contributed by atoms with E-state index in [0.717, 1.165) is 53.2 Å². The van der Waals surface area contributed by atoms with E-state index >= 15 is 0 Å². The van der Waals surface area contributed by atoms with Crippen molar-refractivity contribution in [1.82, 2.24) is 24.7 Å². The smallest absolute Gasteiger partial charge is 0.166 e. The molecule has 2 aliphatic rings. The molecule has 4 heterocycles. The van der Waals surface area contributed by atoms with E-state index in [-0.39, 0.29) is 11.7 Å². The minimum atomic E-state index is -0.480. The number of pyridine rings is 1. The summed E-state index contributed by atoms with van der Waals surface area (Å²) in [6.45, 7) is 4.69. The van der Waals surface area contributed by atoms with E-state index in [4.69, 9.17) is 15.6 Å². The van der Waals surface area contributed by atoms with Crippen LogP contribution in [0.2, 0.25) is 0 Å². The van der Waals surface area contributed by atoms with Gasteiger partial charge in [0.15, 0.2) is 11.6 Å². The van der Waals surface area contributed by atoms with Crippen molar-refractivity contribution >= 4 is 5.82 Å². The van der Waals surface area contributed by atoms with Gasteiger partial charge in [-0.05, 0) is 51.0 Å². The lowest BCUT2D eigenvalue weighted by Gasteiger charge is -2.23. The lowest BCUT2D eigenvalue weighted by Crippen LogP contribution is -2.12. The third kappa shape index (κ3) is 3.01. The minimum Gasteiger partial charge on any atom is -0.482 e. The first-order valence-electron chi connectivity index (χ1n) is 11.2. The molecule has 33 heavy (non-hydrogen) atoms. The first-order chi connectivity index (χ1) is 16.0. The summed E-state index contributed by atoms with van der Waals surface area (Å²) in [4.78, 5) is 13.5. The highest BCUT2D eigenvalue weighted by Crippen LogP contribution is 2.47. The lowest BCUT2D eigenvalue weighted by molar-refractivity contribution is 0.227. The Hall–Kier alpha value is -3.81. The molecule has 1 aliphatic carbocycles. The fourth-order valence-corrected chi connectivity index (χ4v) is 5.18. The number of benzene rings is 1. The normalized spacial score (nSPS) is 18.4. The summed E-state index contributed by atoms with van der Waals surface area (Å²) >= 11 is 0. The van der Waals surface area contributed by atoms with Crippen molar-refractivity contribution in [2.75, 3.05) is 5.73 Å². The van der Waals surface area contributed by atoms with Gasteiger partial charge in [0.05, 0.1) is 17.1 Å². The Morgan fingerprint density at radius 2 is 2.06 bits per heavy atom. The zero-order valence-electron chi connectivity index (χ0n) is 18.4. The Kier molecular flexibility index (Phi) is 4.43. The summed E-state index contributed by atoms with van der Waals surface area (Å²) in [5.74, 6) is 0.493. The molecule has 0 radical (unpaired) electrons. The fraction of sp³-hybridized carbons (Fsp3) is 0.280. The number of ether oxygens (including phenoxy) is 1. The standard InChI is InChI=1S/C25H23FN6O/c1-3-32-24-14-8-21(25(27)29-10-14)33-13(2)18-9-15(26)4-5-17(18)23-19(11-28-12-30-23)16-6-7-20(31-32)22(16)24/h4-5,8-13,16H,3,6-7H2,1-2H3,(H2,27,29)/t13-,16?/m1/s1. The third-order valence-electron chi connectivity index (χ3n) is 6.66. The number of halogens is 1. The van der Waals surface area contributed by atoms with Crippen LogP contribution >= 0.6 is 0 Å². The van der Waals surface area contributed by atoms with Crippen LogP contribution in [0.25, 0.3) is 22.5 Å². The summed E-state index contributed by atoms with van der Waals surface area (Å²) in [6.07, 6.45) is 6.49. The highest BCUT2D eigenvalue weighted by molar-refractivity contribution is 5.74. The highest BCUT2D eigenvalue weighted by Gasteiger charge is 2.35. The van der Waals surface area contributed by atoms with Gasteiger partial charge in [0, 0.05) is 52.7 Å². The van der Waals surface area contributed by atoms with Crippen molar-refractivity contribution in [3.8, 4) is 28.3 Å². The predicted molar refractivity (Wildman–Crippen MR) is 122 cm³/mol. The fourth-order valence-electron chi connectivity index (χ4n) is 5.18. The van der Waals surface area contributed by atoms with Gasteiger partial charge in [-0.1, -0.05) is 0 Å². The Morgan fingerprint density at radius 1 is 1.18 bits per heavy atom. The van der Waals surface area contributed by atoms with E-state index in [0.29, 0.717) is 17.1 Å². The largest absolute Gasteiger partial charge is 0.482 e. The molecule has 0 saturated heterocycles. The molecule has 1 aliphatic heterocycles. The van der Waals surface area contributed by atoms with Crippen LogP contribution in [0.4, 0.5) is 10.2 Å². The topological polar surface area (TPSA) is 91.7 Å². The van der Waals surface area contributed by atoms with E-state index in [2.05, 4.69) is 21.9 Å². The van der Waals surface area contributed by atoms with Crippen LogP contribution in [0, 0.1) is 5.82 Å². The molecule has 2 bridgehead atoms. The first kappa shape index (κ1) is 19.8. The van der Waals surface area contributed by atoms with Crippen molar-refractivity contribution in [1.29, 1.82) is 0 Å². The molecular formula is C25H23FN6O. The molecule has 7 nitrogen and oxygen atoms in total. The Bertz CT molecular complexity index is 1400. The second kappa shape index (κ2) is 7.37. The van der Waals surface area contributed by atoms with Gasteiger partial charge in [0.2, 0.25) is 0 Å². The maximum atomic E-state index is 14.4. The van der Waals surface area contributed by atoms with Crippen LogP contribution in [-0.2, 0) is 13.0 Å². The number of fused-ring (bicyclic) bond motifs is 7. The Morgan fingerprint density at radius 3 is 2.91 bits per heavy atom. The average Bonchev–Trinajstić information content (AvgIpc) is 3.39. The van der Waals surface area contributed by atoms with Gasteiger partial charge in [-0.25, -0.2) is 19.3 Å². The molecule has 0 saturated carbocycles. The van der Waals surface area contributed by atoms with Gasteiger partial charge in [-0.3, -0.25) is 4.68 Å². The first-order valence-corrected chi connectivity index (χ1v) is 11.2. The van der Waals surface area contributed by atoms with Gasteiger partial charge in [0.25, 0.3) is 0 Å². The van der Waals surface area contributed by atoms with Gasteiger partial charge >= 0.3 is 0 Å². The number of aromatic nitrogens is 5. The molecule has 0 fully saturated rings. The molecular weight excluding hydrogens is 419 g/mol.